The van der Waals surface area contributed by atoms with Crippen LogP contribution in [0.3, 0.4) is 0 Å². The lowest BCUT2D eigenvalue weighted by Crippen LogP contribution is -1.80. The summed E-state index contributed by atoms with van der Waals surface area (Å²) in [5.41, 5.74) is 0. The van der Waals surface area contributed by atoms with E-state index in [4.69, 9.17) is 0 Å². The third-order valence-corrected chi connectivity index (χ3v) is 2.76. The Bertz CT molecular complexity index is 144. The second-order valence-corrected chi connectivity index (χ2v) is 4.26. The van der Waals surface area contributed by atoms with Gasteiger partial charge in [-0.1, -0.05) is 56.8 Å². The zero-order valence-electron chi connectivity index (χ0n) is 10.5. The largest absolute Gasteiger partial charge is 0.103 e. The minimum atomic E-state index is 1.20. The molecule has 0 aromatic carbocycles. The number of hydrogen-bond acceptors (Lipinski definition) is 0. The molecule has 0 saturated heterocycles. The highest BCUT2D eigenvalue weighted by molar-refractivity contribution is 4.76. The zero-order chi connectivity index (χ0) is 11.2. The van der Waals surface area contributed by atoms with Crippen molar-refractivity contribution in [2.75, 3.05) is 0 Å². The highest BCUT2D eigenvalue weighted by atomic mass is 14.0. The molecule has 0 aromatic heterocycles. The van der Waals surface area contributed by atoms with Crippen LogP contribution in [-0.4, -0.2) is 0 Å². The van der Waals surface area contributed by atoms with E-state index >= 15 is 0 Å². The molecule has 0 radical (unpaired) electrons. The summed E-state index contributed by atoms with van der Waals surface area (Å²) in [6.45, 7) is 5.84. The van der Waals surface area contributed by atoms with Crippen LogP contribution in [0.2, 0.25) is 0 Å². The molecule has 0 aliphatic rings. The van der Waals surface area contributed by atoms with Crippen molar-refractivity contribution in [2.24, 2.45) is 0 Å². The summed E-state index contributed by atoms with van der Waals surface area (Å²) in [4.78, 5) is 0. The summed E-state index contributed by atoms with van der Waals surface area (Å²) in [5.74, 6) is 0. The van der Waals surface area contributed by atoms with E-state index in [0.29, 0.717) is 0 Å². The first-order chi connectivity index (χ1) is 7.41. The minimum absolute atomic E-state index is 1.20. The predicted octanol–water partition coefficient (Wildman–Crippen LogP) is 5.65. The summed E-state index contributed by atoms with van der Waals surface area (Å²) in [5, 5.41) is 0. The van der Waals surface area contributed by atoms with Gasteiger partial charge in [-0.3, -0.25) is 0 Å². The lowest BCUT2D eigenvalue weighted by Gasteiger charge is -2.00. The average molecular weight is 208 g/mol. The summed E-state index contributed by atoms with van der Waals surface area (Å²) in [7, 11) is 0. The second kappa shape index (κ2) is 13.5. The van der Waals surface area contributed by atoms with Gasteiger partial charge in [-0.15, -0.1) is 6.58 Å². The van der Waals surface area contributed by atoms with E-state index in [-0.39, 0.29) is 0 Å². The molecule has 0 heterocycles. The van der Waals surface area contributed by atoms with Gasteiger partial charge in [0.15, 0.2) is 0 Å². The van der Waals surface area contributed by atoms with Crippen molar-refractivity contribution in [1.29, 1.82) is 0 Å². The quantitative estimate of drug-likeness (QED) is 0.304. The fourth-order valence-electron chi connectivity index (χ4n) is 1.78. The van der Waals surface area contributed by atoms with E-state index in [1.54, 1.807) is 0 Å². The molecule has 0 aliphatic heterocycles. The van der Waals surface area contributed by atoms with Gasteiger partial charge in [0, 0.05) is 0 Å². The van der Waals surface area contributed by atoms with Crippen molar-refractivity contribution in [3.05, 3.63) is 24.8 Å². The molecule has 0 amide bonds. The lowest BCUT2D eigenvalue weighted by molar-refractivity contribution is 0.571. The minimum Gasteiger partial charge on any atom is -0.103 e. The number of unbranched alkanes of at least 4 members (excludes halogenated alkanes) is 9. The van der Waals surface area contributed by atoms with Gasteiger partial charge in [0.2, 0.25) is 0 Å². The Morgan fingerprint density at radius 3 is 1.67 bits per heavy atom. The molecule has 0 atom stereocenters. The van der Waals surface area contributed by atoms with Crippen molar-refractivity contribution in [1.82, 2.24) is 0 Å². The SMILES string of the molecule is C=CCCCCCCCCCC/C=C/C. The average Bonchev–Trinajstić information content (AvgIpc) is 2.26. The van der Waals surface area contributed by atoms with Gasteiger partial charge in [-0.25, -0.2) is 0 Å². The molecule has 15 heavy (non-hydrogen) atoms. The van der Waals surface area contributed by atoms with Crippen molar-refractivity contribution in [2.45, 2.75) is 71.1 Å². The molecule has 0 bridgehead atoms. The van der Waals surface area contributed by atoms with E-state index in [9.17, 15) is 0 Å². The van der Waals surface area contributed by atoms with E-state index < -0.39 is 0 Å². The third kappa shape index (κ3) is 13.5. The van der Waals surface area contributed by atoms with Gasteiger partial charge < -0.3 is 0 Å². The van der Waals surface area contributed by atoms with Crippen LogP contribution >= 0.6 is 0 Å². The first-order valence-corrected chi connectivity index (χ1v) is 6.64. The Kier molecular flexibility index (Phi) is 13.0. The van der Waals surface area contributed by atoms with E-state index in [0.717, 1.165) is 0 Å². The van der Waals surface area contributed by atoms with Crippen LogP contribution in [0.25, 0.3) is 0 Å². The van der Waals surface area contributed by atoms with Crippen LogP contribution in [0.1, 0.15) is 71.1 Å². The van der Waals surface area contributed by atoms with Gasteiger partial charge >= 0.3 is 0 Å². The molecule has 0 rings (SSSR count). The molecule has 0 aliphatic carbocycles. The molecular weight excluding hydrogens is 180 g/mol. The Morgan fingerprint density at radius 1 is 0.733 bits per heavy atom. The molecular formula is C15H28. The topological polar surface area (TPSA) is 0 Å². The summed E-state index contributed by atoms with van der Waals surface area (Å²) < 4.78 is 0. The maximum Gasteiger partial charge on any atom is -0.0351 e. The third-order valence-electron chi connectivity index (χ3n) is 2.76. The Labute approximate surface area is 96.5 Å². The van der Waals surface area contributed by atoms with Gasteiger partial charge in [0.05, 0.1) is 0 Å². The molecule has 0 unspecified atom stereocenters. The molecule has 0 saturated carbocycles. The second-order valence-electron chi connectivity index (χ2n) is 4.26. The molecule has 0 nitrogen and oxygen atoms in total. The lowest BCUT2D eigenvalue weighted by atomic mass is 10.1. The molecule has 0 fully saturated rings. The molecule has 0 heteroatoms. The fraction of sp³-hybridized carbons (Fsp3) is 0.733. The smallest absolute Gasteiger partial charge is 0.0351 e. The predicted molar refractivity (Wildman–Crippen MR) is 71.2 cm³/mol. The van der Waals surface area contributed by atoms with Gasteiger partial charge in [0.1, 0.15) is 0 Å². The van der Waals surface area contributed by atoms with Crippen molar-refractivity contribution in [3.8, 4) is 0 Å². The summed E-state index contributed by atoms with van der Waals surface area (Å²) in [6, 6.07) is 0. The summed E-state index contributed by atoms with van der Waals surface area (Å²) >= 11 is 0. The molecule has 0 spiro atoms. The van der Waals surface area contributed by atoms with E-state index in [1.165, 1.54) is 64.2 Å². The fourth-order valence-corrected chi connectivity index (χ4v) is 1.78. The van der Waals surface area contributed by atoms with Crippen molar-refractivity contribution < 1.29 is 0 Å². The number of allylic oxidation sites excluding steroid dienone is 3. The van der Waals surface area contributed by atoms with Gasteiger partial charge in [0.25, 0.3) is 0 Å². The first-order valence-electron chi connectivity index (χ1n) is 6.64. The Morgan fingerprint density at radius 2 is 1.20 bits per heavy atom. The Balaban J connectivity index is 2.89. The molecule has 88 valence electrons. The molecule has 0 aromatic rings. The van der Waals surface area contributed by atoms with Crippen LogP contribution in [0.5, 0.6) is 0 Å². The number of rotatable bonds is 11. The van der Waals surface area contributed by atoms with Crippen molar-refractivity contribution in [3.63, 3.8) is 0 Å². The van der Waals surface area contributed by atoms with Crippen molar-refractivity contribution >= 4 is 0 Å². The summed E-state index contributed by atoms with van der Waals surface area (Å²) in [6.07, 6.45) is 20.2. The van der Waals surface area contributed by atoms with Crippen LogP contribution in [0, 0.1) is 0 Å². The molecule has 0 N–H and O–H groups in total. The van der Waals surface area contributed by atoms with Gasteiger partial charge in [-0.2, -0.15) is 0 Å². The highest BCUT2D eigenvalue weighted by Gasteiger charge is 1.90. The van der Waals surface area contributed by atoms with E-state index in [1.807, 2.05) is 6.08 Å². The van der Waals surface area contributed by atoms with Crippen LogP contribution in [-0.2, 0) is 0 Å². The monoisotopic (exact) mass is 208 g/mol. The zero-order valence-corrected chi connectivity index (χ0v) is 10.5. The normalized spacial score (nSPS) is 11.0. The first kappa shape index (κ1) is 14.5. The maximum absolute atomic E-state index is 3.74. The van der Waals surface area contributed by atoms with Crippen LogP contribution in [0.4, 0.5) is 0 Å². The van der Waals surface area contributed by atoms with E-state index in [2.05, 4.69) is 25.7 Å². The highest BCUT2D eigenvalue weighted by Crippen LogP contribution is 2.10. The van der Waals surface area contributed by atoms with Gasteiger partial charge in [-0.05, 0) is 32.6 Å². The number of hydrogen-bond donors (Lipinski definition) is 0. The van der Waals surface area contributed by atoms with Crippen LogP contribution in [0.15, 0.2) is 24.8 Å². The van der Waals surface area contributed by atoms with Crippen LogP contribution < -0.4 is 0 Å². The Hall–Kier alpha value is -0.520. The maximum atomic E-state index is 3.74. The standard InChI is InChI=1S/C15H28/c1-3-5-7-9-11-13-15-14-12-10-8-6-4-2/h3-4,6H,1,5,7-15H2,2H3/b6-4+.